The van der Waals surface area contributed by atoms with Crippen molar-refractivity contribution >= 4 is 21.6 Å². The number of carbonyl (C=O) groups excluding carboxylic acids is 1. The average Bonchev–Trinajstić information content (AvgIpc) is 2.75. The van der Waals surface area contributed by atoms with E-state index in [1.807, 2.05) is 43.3 Å². The molecule has 0 aliphatic carbocycles. The minimum absolute atomic E-state index is 0.0951. The van der Waals surface area contributed by atoms with Crippen molar-refractivity contribution in [2.45, 2.75) is 18.4 Å². The molecule has 6 nitrogen and oxygen atoms in total. The number of aryl methyl sites for hydroxylation is 1. The summed E-state index contributed by atoms with van der Waals surface area (Å²) in [6.45, 7) is 2.24. The molecule has 0 unspecified atom stereocenters. The predicted molar refractivity (Wildman–Crippen MR) is 117 cm³/mol. The number of rotatable bonds is 7. The Bertz CT molecular complexity index is 1140. The number of anilines is 1. The molecule has 0 atom stereocenters. The van der Waals surface area contributed by atoms with E-state index in [0.29, 0.717) is 17.8 Å². The van der Waals surface area contributed by atoms with Crippen LogP contribution >= 0.6 is 0 Å². The molecule has 0 spiro atoms. The Morgan fingerprint density at radius 1 is 1.00 bits per heavy atom. The molecule has 0 aliphatic heterocycles. The van der Waals surface area contributed by atoms with Crippen molar-refractivity contribution in [3.8, 4) is 5.75 Å². The van der Waals surface area contributed by atoms with Gasteiger partial charge in [-0.2, -0.15) is 0 Å². The van der Waals surface area contributed by atoms with Gasteiger partial charge in [0.25, 0.3) is 15.9 Å². The zero-order chi connectivity index (χ0) is 21.7. The zero-order valence-electron chi connectivity index (χ0n) is 17.1. The van der Waals surface area contributed by atoms with Gasteiger partial charge in [0, 0.05) is 19.2 Å². The largest absolute Gasteiger partial charge is 0.497 e. The summed E-state index contributed by atoms with van der Waals surface area (Å²) in [7, 11) is -0.448. The summed E-state index contributed by atoms with van der Waals surface area (Å²) in [5.41, 5.74) is 2.70. The minimum Gasteiger partial charge on any atom is -0.497 e. The Kier molecular flexibility index (Phi) is 6.42. The fourth-order valence-electron chi connectivity index (χ4n) is 3.00. The maximum Gasteiger partial charge on any atom is 0.261 e. The lowest BCUT2D eigenvalue weighted by Crippen LogP contribution is -2.26. The Morgan fingerprint density at radius 2 is 1.70 bits per heavy atom. The zero-order valence-corrected chi connectivity index (χ0v) is 17.9. The highest BCUT2D eigenvalue weighted by atomic mass is 32.2. The van der Waals surface area contributed by atoms with Crippen molar-refractivity contribution in [2.75, 3.05) is 18.9 Å². The highest BCUT2D eigenvalue weighted by Gasteiger charge is 2.17. The van der Waals surface area contributed by atoms with Crippen LogP contribution in [-0.2, 0) is 16.6 Å². The maximum absolute atomic E-state index is 12.7. The van der Waals surface area contributed by atoms with Crippen LogP contribution < -0.4 is 9.46 Å². The van der Waals surface area contributed by atoms with Crippen molar-refractivity contribution in [3.05, 3.63) is 89.5 Å². The number of nitrogens with one attached hydrogen (secondary N) is 1. The molecule has 0 heterocycles. The SMILES string of the molecule is COc1cccc(CN(C)C(=O)c2ccc(S(=O)(=O)Nc3ccccc3C)cc2)c1. The molecule has 0 aliphatic rings. The molecule has 30 heavy (non-hydrogen) atoms. The average molecular weight is 425 g/mol. The van der Waals surface area contributed by atoms with Gasteiger partial charge in [0.1, 0.15) is 5.75 Å². The van der Waals surface area contributed by atoms with E-state index in [2.05, 4.69) is 4.72 Å². The second-order valence-electron chi connectivity index (χ2n) is 6.96. The first-order valence-electron chi connectivity index (χ1n) is 9.37. The molecular weight excluding hydrogens is 400 g/mol. The van der Waals surface area contributed by atoms with Crippen LogP contribution in [0.2, 0.25) is 0 Å². The van der Waals surface area contributed by atoms with Gasteiger partial charge in [-0.05, 0) is 60.5 Å². The summed E-state index contributed by atoms with van der Waals surface area (Å²) < 4.78 is 33.1. The second-order valence-corrected chi connectivity index (χ2v) is 8.64. The van der Waals surface area contributed by atoms with E-state index in [-0.39, 0.29) is 10.8 Å². The number of amides is 1. The summed E-state index contributed by atoms with van der Waals surface area (Å²) in [6.07, 6.45) is 0. The van der Waals surface area contributed by atoms with Gasteiger partial charge in [-0.25, -0.2) is 8.42 Å². The molecule has 7 heteroatoms. The predicted octanol–water partition coefficient (Wildman–Crippen LogP) is 4.08. The number of methoxy groups -OCH3 is 1. The van der Waals surface area contributed by atoms with Gasteiger partial charge >= 0.3 is 0 Å². The van der Waals surface area contributed by atoms with Gasteiger partial charge in [0.05, 0.1) is 17.7 Å². The first-order valence-corrected chi connectivity index (χ1v) is 10.9. The van der Waals surface area contributed by atoms with Crippen molar-refractivity contribution in [3.63, 3.8) is 0 Å². The van der Waals surface area contributed by atoms with Crippen LogP contribution in [0, 0.1) is 6.92 Å². The number of hydrogen-bond acceptors (Lipinski definition) is 4. The number of hydrogen-bond donors (Lipinski definition) is 1. The van der Waals surface area contributed by atoms with E-state index in [1.165, 1.54) is 24.3 Å². The van der Waals surface area contributed by atoms with E-state index in [4.69, 9.17) is 4.74 Å². The quantitative estimate of drug-likeness (QED) is 0.620. The smallest absolute Gasteiger partial charge is 0.261 e. The Hall–Kier alpha value is -3.32. The van der Waals surface area contributed by atoms with Crippen molar-refractivity contribution in [1.82, 2.24) is 4.90 Å². The summed E-state index contributed by atoms with van der Waals surface area (Å²) >= 11 is 0. The number of para-hydroxylation sites is 1. The monoisotopic (exact) mass is 424 g/mol. The first-order chi connectivity index (χ1) is 14.3. The number of sulfonamides is 1. The van der Waals surface area contributed by atoms with Gasteiger partial charge in [-0.3, -0.25) is 9.52 Å². The molecule has 1 N–H and O–H groups in total. The van der Waals surface area contributed by atoms with Gasteiger partial charge in [-0.1, -0.05) is 30.3 Å². The molecule has 1 amide bonds. The Morgan fingerprint density at radius 3 is 2.37 bits per heavy atom. The fraction of sp³-hybridized carbons (Fsp3) is 0.174. The van der Waals surface area contributed by atoms with Crippen molar-refractivity contribution in [2.24, 2.45) is 0 Å². The summed E-state index contributed by atoms with van der Waals surface area (Å²) in [4.78, 5) is 14.4. The van der Waals surface area contributed by atoms with E-state index in [9.17, 15) is 13.2 Å². The first kappa shape index (κ1) is 21.4. The maximum atomic E-state index is 12.7. The molecule has 3 aromatic rings. The lowest BCUT2D eigenvalue weighted by atomic mass is 10.1. The second kappa shape index (κ2) is 9.00. The highest BCUT2D eigenvalue weighted by molar-refractivity contribution is 7.92. The molecule has 3 rings (SSSR count). The minimum atomic E-state index is -3.74. The summed E-state index contributed by atoms with van der Waals surface area (Å²) in [5.74, 6) is 0.526. The Labute approximate surface area is 177 Å². The molecule has 0 bridgehead atoms. The van der Waals surface area contributed by atoms with Gasteiger partial charge in [0.2, 0.25) is 0 Å². The number of carbonyl (C=O) groups is 1. The number of benzene rings is 3. The lowest BCUT2D eigenvalue weighted by molar-refractivity contribution is 0.0785. The molecule has 0 fully saturated rings. The topological polar surface area (TPSA) is 75.7 Å². The molecule has 0 saturated carbocycles. The molecule has 3 aromatic carbocycles. The molecule has 156 valence electrons. The number of ether oxygens (including phenoxy) is 1. The van der Waals surface area contributed by atoms with Crippen LogP contribution in [0.15, 0.2) is 77.7 Å². The van der Waals surface area contributed by atoms with Crippen LogP contribution in [0.4, 0.5) is 5.69 Å². The van der Waals surface area contributed by atoms with Crippen molar-refractivity contribution < 1.29 is 17.9 Å². The van der Waals surface area contributed by atoms with Crippen LogP contribution in [-0.4, -0.2) is 33.4 Å². The van der Waals surface area contributed by atoms with Crippen molar-refractivity contribution in [1.29, 1.82) is 0 Å². The molecule has 0 aromatic heterocycles. The van der Waals surface area contributed by atoms with E-state index < -0.39 is 10.0 Å². The molecule has 0 radical (unpaired) electrons. The standard InChI is InChI=1S/C23H24N2O4S/c1-17-7-4-5-10-22(17)24-30(27,28)21-13-11-19(12-14-21)23(26)25(2)16-18-8-6-9-20(15-18)29-3/h4-15,24H,16H2,1-3H3. The van der Waals surface area contributed by atoms with Crippen LogP contribution in [0.25, 0.3) is 0 Å². The highest BCUT2D eigenvalue weighted by Crippen LogP contribution is 2.20. The summed E-state index contributed by atoms with van der Waals surface area (Å²) in [5, 5.41) is 0. The van der Waals surface area contributed by atoms with Gasteiger partial charge < -0.3 is 9.64 Å². The van der Waals surface area contributed by atoms with E-state index >= 15 is 0 Å². The van der Waals surface area contributed by atoms with Gasteiger partial charge in [0.15, 0.2) is 0 Å². The van der Waals surface area contributed by atoms with Crippen LogP contribution in [0.5, 0.6) is 5.75 Å². The third-order valence-corrected chi connectivity index (χ3v) is 6.08. The van der Waals surface area contributed by atoms with E-state index in [1.54, 1.807) is 31.2 Å². The van der Waals surface area contributed by atoms with Crippen LogP contribution in [0.3, 0.4) is 0 Å². The Balaban J connectivity index is 1.72. The van der Waals surface area contributed by atoms with Gasteiger partial charge in [-0.15, -0.1) is 0 Å². The van der Waals surface area contributed by atoms with Crippen LogP contribution in [0.1, 0.15) is 21.5 Å². The summed E-state index contributed by atoms with van der Waals surface area (Å²) in [6, 6.07) is 20.6. The normalized spacial score (nSPS) is 11.0. The molecule has 0 saturated heterocycles. The lowest BCUT2D eigenvalue weighted by Gasteiger charge is -2.18. The third kappa shape index (κ3) is 4.99. The fourth-order valence-corrected chi connectivity index (χ4v) is 4.14. The molecular formula is C23H24N2O4S. The third-order valence-electron chi connectivity index (χ3n) is 4.70. The number of nitrogens with zero attached hydrogens (tertiary/aromatic N) is 1. The van der Waals surface area contributed by atoms with E-state index in [0.717, 1.165) is 16.9 Å².